The van der Waals surface area contributed by atoms with E-state index in [9.17, 15) is 27.6 Å². The number of nitrogens with zero attached hydrogens (tertiary/aromatic N) is 2. The molecule has 182 valence electrons. The van der Waals surface area contributed by atoms with Crippen LogP contribution < -0.4 is 10.2 Å². The number of nitrogens with one attached hydrogen (secondary N) is 1. The van der Waals surface area contributed by atoms with E-state index < -0.39 is 40.9 Å². The van der Waals surface area contributed by atoms with Crippen LogP contribution in [0.2, 0.25) is 5.02 Å². The Labute approximate surface area is 204 Å². The molecule has 4 aliphatic rings. The Kier molecular flexibility index (Phi) is 4.56. The van der Waals surface area contributed by atoms with Gasteiger partial charge in [-0.2, -0.15) is 13.2 Å². The molecule has 1 N–H and O–H groups in total. The van der Waals surface area contributed by atoms with Crippen molar-refractivity contribution in [1.29, 1.82) is 0 Å². The number of hydrogen-bond acceptors (Lipinski definition) is 4. The highest BCUT2D eigenvalue weighted by atomic mass is 35.5. The van der Waals surface area contributed by atoms with Gasteiger partial charge in [0.2, 0.25) is 17.7 Å². The molecule has 6 rings (SSSR count). The summed E-state index contributed by atoms with van der Waals surface area (Å²) >= 11 is 6.22. The highest BCUT2D eigenvalue weighted by Gasteiger charge is 2.74. The first kappa shape index (κ1) is 22.5. The molecule has 1 spiro atoms. The molecule has 35 heavy (non-hydrogen) atoms. The highest BCUT2D eigenvalue weighted by molar-refractivity contribution is 6.36. The van der Waals surface area contributed by atoms with E-state index >= 15 is 0 Å². The monoisotopic (exact) mass is 503 g/mol. The third kappa shape index (κ3) is 2.73. The van der Waals surface area contributed by atoms with Crippen molar-refractivity contribution in [2.75, 3.05) is 16.8 Å². The first-order valence-corrected chi connectivity index (χ1v) is 11.8. The molecule has 6 nitrogen and oxygen atoms in total. The largest absolute Gasteiger partial charge is 0.416 e. The Bertz CT molecular complexity index is 1340. The van der Waals surface area contributed by atoms with Crippen LogP contribution in [0.3, 0.4) is 0 Å². The van der Waals surface area contributed by atoms with Crippen LogP contribution in [0.1, 0.15) is 35.1 Å². The molecule has 2 aromatic carbocycles. The summed E-state index contributed by atoms with van der Waals surface area (Å²) in [6.45, 7) is 4.31. The van der Waals surface area contributed by atoms with Gasteiger partial charge >= 0.3 is 6.18 Å². The van der Waals surface area contributed by atoms with Crippen LogP contribution in [0.15, 0.2) is 30.3 Å². The van der Waals surface area contributed by atoms with E-state index in [2.05, 4.69) is 5.32 Å². The van der Waals surface area contributed by atoms with Gasteiger partial charge in [0.25, 0.3) is 0 Å². The summed E-state index contributed by atoms with van der Waals surface area (Å²) < 4.78 is 40.3. The molecular formula is C25H21ClF3N3O3. The number of hydrogen-bond donors (Lipinski definition) is 1. The maximum atomic E-state index is 14.0. The van der Waals surface area contributed by atoms with E-state index in [4.69, 9.17) is 11.6 Å². The van der Waals surface area contributed by atoms with E-state index in [0.717, 1.165) is 40.6 Å². The van der Waals surface area contributed by atoms with Gasteiger partial charge in [-0.3, -0.25) is 19.3 Å². The number of imide groups is 1. The number of carbonyl (C=O) groups is 3. The standard InChI is InChI=1S/C25H21ClF3N3O3/c1-11-8-12(2)20-14(9-11)24(23(35)30-20)19-18(16-4-3-7-31(16)24)21(33)32(22(19)34)17-10-13(25(27,28)29)5-6-15(17)26/h5-6,8-10,16,18-19H,3-4,7H2,1-2H3,(H,30,35)/t16-,18-,19+,24-/m1/s1. The topological polar surface area (TPSA) is 69.7 Å². The second kappa shape index (κ2) is 7.07. The van der Waals surface area contributed by atoms with Crippen molar-refractivity contribution in [3.63, 3.8) is 0 Å². The maximum Gasteiger partial charge on any atom is 0.416 e. The normalized spacial score (nSPS) is 29.7. The zero-order chi connectivity index (χ0) is 25.0. The van der Waals surface area contributed by atoms with E-state index in [1.165, 1.54) is 0 Å². The minimum Gasteiger partial charge on any atom is -0.324 e. The van der Waals surface area contributed by atoms with E-state index in [1.807, 2.05) is 30.9 Å². The third-order valence-electron chi connectivity index (χ3n) is 7.96. The van der Waals surface area contributed by atoms with Crippen LogP contribution >= 0.6 is 11.6 Å². The molecule has 0 bridgehead atoms. The van der Waals surface area contributed by atoms with Gasteiger partial charge in [0.1, 0.15) is 5.54 Å². The Balaban J connectivity index is 1.56. The Hall–Kier alpha value is -2.91. The minimum absolute atomic E-state index is 0.139. The number of alkyl halides is 3. The van der Waals surface area contributed by atoms with Crippen LogP contribution in [0, 0.1) is 25.7 Å². The summed E-state index contributed by atoms with van der Waals surface area (Å²) in [5.74, 6) is -3.60. The van der Waals surface area contributed by atoms with Gasteiger partial charge in [-0.1, -0.05) is 29.3 Å². The van der Waals surface area contributed by atoms with E-state index in [1.54, 1.807) is 0 Å². The fourth-order valence-corrected chi connectivity index (χ4v) is 6.96. The molecule has 2 aromatic rings. The lowest BCUT2D eigenvalue weighted by Crippen LogP contribution is -2.54. The fourth-order valence-electron chi connectivity index (χ4n) is 6.76. The average molecular weight is 504 g/mol. The molecule has 0 saturated carbocycles. The first-order valence-electron chi connectivity index (χ1n) is 11.4. The summed E-state index contributed by atoms with van der Waals surface area (Å²) in [6, 6.07) is 6.01. The number of amides is 3. The SMILES string of the molecule is Cc1cc(C)c2c(c1)[C@]1(C(=O)N2)[C@@H]2C(=O)N(c3cc(C(F)(F)F)ccc3Cl)C(=O)[C@@H]2[C@H]2CCCN21. The lowest BCUT2D eigenvalue weighted by Gasteiger charge is -2.37. The Morgan fingerprint density at radius 1 is 1.09 bits per heavy atom. The zero-order valence-corrected chi connectivity index (χ0v) is 19.6. The van der Waals surface area contributed by atoms with Crippen LogP contribution in [0.4, 0.5) is 24.5 Å². The molecule has 3 saturated heterocycles. The summed E-state index contributed by atoms with van der Waals surface area (Å²) in [5.41, 5.74) is 0.324. The third-order valence-corrected chi connectivity index (χ3v) is 8.28. The molecule has 3 amide bonds. The van der Waals surface area contributed by atoms with Gasteiger partial charge in [-0.05, 0) is 57.0 Å². The summed E-state index contributed by atoms with van der Waals surface area (Å²) in [5, 5.41) is 2.80. The van der Waals surface area contributed by atoms with E-state index in [-0.39, 0.29) is 22.7 Å². The van der Waals surface area contributed by atoms with Crippen molar-refractivity contribution in [2.24, 2.45) is 11.8 Å². The zero-order valence-electron chi connectivity index (χ0n) is 18.9. The lowest BCUT2D eigenvalue weighted by atomic mass is 9.75. The number of benzene rings is 2. The number of carbonyl (C=O) groups excluding carboxylic acids is 3. The van der Waals surface area contributed by atoms with Gasteiger partial charge in [0.15, 0.2) is 0 Å². The molecule has 0 radical (unpaired) electrons. The number of fused-ring (bicyclic) bond motifs is 7. The van der Waals surface area contributed by atoms with E-state index in [0.29, 0.717) is 24.2 Å². The second-order valence-electron chi connectivity index (χ2n) is 9.81. The Morgan fingerprint density at radius 3 is 2.54 bits per heavy atom. The molecule has 4 aliphatic heterocycles. The van der Waals surface area contributed by atoms with Crippen LogP contribution in [0.5, 0.6) is 0 Å². The van der Waals surface area contributed by atoms with Gasteiger partial charge in [-0.15, -0.1) is 0 Å². The Morgan fingerprint density at radius 2 is 1.83 bits per heavy atom. The average Bonchev–Trinajstić information content (AvgIpc) is 3.47. The summed E-state index contributed by atoms with van der Waals surface area (Å²) in [7, 11) is 0. The molecule has 3 fully saturated rings. The van der Waals surface area contributed by atoms with Crippen molar-refractivity contribution in [2.45, 2.75) is 44.4 Å². The van der Waals surface area contributed by atoms with Gasteiger partial charge in [-0.25, -0.2) is 4.90 Å². The quantitative estimate of drug-likeness (QED) is 0.585. The van der Waals surface area contributed by atoms with Crippen molar-refractivity contribution >= 4 is 40.7 Å². The van der Waals surface area contributed by atoms with Crippen molar-refractivity contribution in [3.8, 4) is 0 Å². The van der Waals surface area contributed by atoms with Crippen molar-refractivity contribution in [1.82, 2.24) is 4.90 Å². The molecule has 0 aliphatic carbocycles. The van der Waals surface area contributed by atoms with Gasteiger partial charge in [0.05, 0.1) is 28.1 Å². The maximum absolute atomic E-state index is 14.0. The number of aryl methyl sites for hydroxylation is 2. The number of rotatable bonds is 1. The molecule has 4 heterocycles. The molecule has 10 heteroatoms. The molecule has 0 unspecified atom stereocenters. The second-order valence-corrected chi connectivity index (χ2v) is 10.2. The predicted molar refractivity (Wildman–Crippen MR) is 122 cm³/mol. The fraction of sp³-hybridized carbons (Fsp3) is 0.400. The number of anilines is 2. The minimum atomic E-state index is -4.68. The van der Waals surface area contributed by atoms with Crippen LogP contribution in [-0.2, 0) is 26.1 Å². The number of halogens is 4. The van der Waals surface area contributed by atoms with Crippen molar-refractivity contribution < 1.29 is 27.6 Å². The first-order chi connectivity index (χ1) is 16.5. The van der Waals surface area contributed by atoms with Gasteiger partial charge < -0.3 is 5.32 Å². The predicted octanol–water partition coefficient (Wildman–Crippen LogP) is 4.41. The summed E-state index contributed by atoms with van der Waals surface area (Å²) in [6.07, 6.45) is -3.32. The van der Waals surface area contributed by atoms with Crippen molar-refractivity contribution in [3.05, 3.63) is 57.6 Å². The lowest BCUT2D eigenvalue weighted by molar-refractivity contribution is -0.137. The van der Waals surface area contributed by atoms with Crippen LogP contribution in [-0.4, -0.2) is 35.2 Å². The molecular weight excluding hydrogens is 483 g/mol. The summed E-state index contributed by atoms with van der Waals surface area (Å²) in [4.78, 5) is 44.2. The highest BCUT2D eigenvalue weighted by Crippen LogP contribution is 2.61. The molecule has 0 aromatic heterocycles. The smallest absolute Gasteiger partial charge is 0.324 e. The molecule has 4 atom stereocenters. The van der Waals surface area contributed by atoms with Crippen LogP contribution in [0.25, 0.3) is 0 Å². The van der Waals surface area contributed by atoms with Gasteiger partial charge in [0, 0.05) is 17.3 Å².